The third-order valence-corrected chi connectivity index (χ3v) is 4.42. The third-order valence-electron chi connectivity index (χ3n) is 4.18. The molecule has 6 heteroatoms. The zero-order chi connectivity index (χ0) is 14.8. The van der Waals surface area contributed by atoms with Crippen LogP contribution in [0.15, 0.2) is 18.2 Å². The number of halogens is 1. The normalized spacial score (nSPS) is 23.2. The second-order valence-electron chi connectivity index (χ2n) is 5.88. The lowest BCUT2D eigenvalue weighted by Crippen LogP contribution is -3.12. The summed E-state index contributed by atoms with van der Waals surface area (Å²) < 4.78 is 5.68. The second-order valence-corrected chi connectivity index (χ2v) is 6.32. The number of quaternary nitrogens is 1. The van der Waals surface area contributed by atoms with Crippen molar-refractivity contribution in [2.75, 3.05) is 39.8 Å². The van der Waals surface area contributed by atoms with E-state index >= 15 is 0 Å². The molecule has 1 atom stereocenters. The molecule has 0 aromatic heterocycles. The van der Waals surface area contributed by atoms with Gasteiger partial charge in [-0.3, -0.25) is 10.2 Å². The Bertz CT molecular complexity index is 530. The van der Waals surface area contributed by atoms with Crippen LogP contribution in [0, 0.1) is 5.92 Å². The number of carbonyl (C=O) groups is 1. The third kappa shape index (κ3) is 3.48. The molecule has 2 aliphatic heterocycles. The molecule has 0 bridgehead atoms. The van der Waals surface area contributed by atoms with Crippen LogP contribution in [0.4, 0.5) is 0 Å². The number of benzene rings is 1. The molecule has 2 N–H and O–H groups in total. The average Bonchev–Trinajstić information content (AvgIpc) is 2.48. The molecule has 5 nitrogen and oxygen atoms in total. The highest BCUT2D eigenvalue weighted by molar-refractivity contribution is 6.30. The summed E-state index contributed by atoms with van der Waals surface area (Å²) in [4.78, 5) is 13.9. The summed E-state index contributed by atoms with van der Waals surface area (Å²) in [6, 6.07) is 5.57. The maximum Gasteiger partial charge on any atom is 0.241 e. The molecule has 0 unspecified atom stereocenters. The largest absolute Gasteiger partial charge is 0.492 e. The quantitative estimate of drug-likeness (QED) is 0.792. The molecule has 1 amide bonds. The van der Waals surface area contributed by atoms with E-state index in [1.54, 1.807) is 0 Å². The number of fused-ring (bicyclic) bond motifs is 1. The molecule has 1 saturated heterocycles. The van der Waals surface area contributed by atoms with Crippen LogP contribution in [0.3, 0.4) is 0 Å². The summed E-state index contributed by atoms with van der Waals surface area (Å²) in [5.41, 5.74) is 4.03. The summed E-state index contributed by atoms with van der Waals surface area (Å²) in [6.07, 6.45) is 0.681. The predicted molar refractivity (Wildman–Crippen MR) is 80.5 cm³/mol. The maximum absolute atomic E-state index is 12.4. The van der Waals surface area contributed by atoms with Crippen molar-refractivity contribution < 1.29 is 14.4 Å². The fraction of sp³-hybridized carbons (Fsp3) is 0.533. The molecule has 1 aromatic carbocycles. The van der Waals surface area contributed by atoms with Crippen LogP contribution >= 0.6 is 11.6 Å². The fourth-order valence-corrected chi connectivity index (χ4v) is 2.97. The van der Waals surface area contributed by atoms with Crippen LogP contribution < -0.4 is 15.1 Å². The van der Waals surface area contributed by atoms with Crippen molar-refractivity contribution in [3.05, 3.63) is 28.8 Å². The first-order chi connectivity index (χ1) is 10.1. The van der Waals surface area contributed by atoms with Gasteiger partial charge in [-0.2, -0.15) is 0 Å². The number of amides is 1. The van der Waals surface area contributed by atoms with Crippen molar-refractivity contribution in [1.29, 1.82) is 0 Å². The Morgan fingerprint density at radius 3 is 2.95 bits per heavy atom. The van der Waals surface area contributed by atoms with Crippen LogP contribution in [-0.2, 0) is 11.2 Å². The highest BCUT2D eigenvalue weighted by atomic mass is 35.5. The van der Waals surface area contributed by atoms with E-state index in [1.165, 1.54) is 4.90 Å². The van der Waals surface area contributed by atoms with Crippen molar-refractivity contribution in [2.45, 2.75) is 6.42 Å². The number of hydrogen-bond acceptors (Lipinski definition) is 3. The zero-order valence-electron chi connectivity index (χ0n) is 12.2. The van der Waals surface area contributed by atoms with Gasteiger partial charge in [-0.25, -0.2) is 5.01 Å². The molecule has 2 heterocycles. The van der Waals surface area contributed by atoms with E-state index in [2.05, 4.69) is 12.5 Å². The van der Waals surface area contributed by atoms with Crippen LogP contribution in [0.1, 0.15) is 5.56 Å². The van der Waals surface area contributed by atoms with Gasteiger partial charge in [0.1, 0.15) is 12.4 Å². The molecule has 0 aliphatic carbocycles. The molecule has 2 aliphatic rings. The Kier molecular flexibility index (Phi) is 4.33. The molecule has 0 radical (unpaired) electrons. The molecular formula is C15H21ClN3O2+. The number of nitrogens with zero attached hydrogens (tertiary/aromatic N) is 1. The Morgan fingerprint density at radius 1 is 1.43 bits per heavy atom. The summed E-state index contributed by atoms with van der Waals surface area (Å²) in [5.74, 6) is 0.731. The van der Waals surface area contributed by atoms with Gasteiger partial charge in [-0.05, 0) is 30.2 Å². The number of piperazine rings is 1. The molecule has 114 valence electrons. The lowest BCUT2D eigenvalue weighted by atomic mass is 9.96. The van der Waals surface area contributed by atoms with Gasteiger partial charge in [-0.15, -0.1) is 0 Å². The van der Waals surface area contributed by atoms with Gasteiger partial charge >= 0.3 is 0 Å². The fourth-order valence-electron chi connectivity index (χ4n) is 2.78. The summed E-state index contributed by atoms with van der Waals surface area (Å²) >= 11 is 6.01. The first-order valence-electron chi connectivity index (χ1n) is 7.40. The van der Waals surface area contributed by atoms with E-state index in [9.17, 15) is 4.79 Å². The topological polar surface area (TPSA) is 46.0 Å². The first-order valence-corrected chi connectivity index (χ1v) is 7.77. The Balaban J connectivity index is 1.59. The molecule has 1 fully saturated rings. The second kappa shape index (κ2) is 6.22. The highest BCUT2D eigenvalue weighted by Crippen LogP contribution is 2.29. The molecule has 3 rings (SSSR count). The number of hydrogen-bond donors (Lipinski definition) is 2. The molecule has 1 aromatic rings. The van der Waals surface area contributed by atoms with E-state index in [0.717, 1.165) is 37.5 Å². The molecular weight excluding hydrogens is 290 g/mol. The minimum atomic E-state index is -0.150. The maximum atomic E-state index is 12.4. The van der Waals surface area contributed by atoms with Crippen LogP contribution in [0.5, 0.6) is 5.75 Å². The Morgan fingerprint density at radius 2 is 2.19 bits per heavy atom. The SMILES string of the molecule is C[NH+]1CCN(NC(=O)[C@@H]2COc3ccc(Cl)cc3C2)CC1. The van der Waals surface area contributed by atoms with Crippen LogP contribution in [-0.4, -0.2) is 50.7 Å². The standard InChI is InChI=1S/C15H20ClN3O2/c1-18-4-6-19(7-5-18)17-15(20)12-8-11-9-13(16)2-3-14(11)21-10-12/h2-3,9,12H,4-8,10H2,1H3,(H,17,20)/p+1/t12-/m0/s1. The van der Waals surface area contributed by atoms with Crippen molar-refractivity contribution in [3.63, 3.8) is 0 Å². The van der Waals surface area contributed by atoms with Gasteiger partial charge < -0.3 is 9.64 Å². The Labute approximate surface area is 129 Å². The van der Waals surface area contributed by atoms with E-state index in [0.29, 0.717) is 18.1 Å². The summed E-state index contributed by atoms with van der Waals surface area (Å²) in [6.45, 7) is 4.33. The number of likely N-dealkylation sites (N-methyl/N-ethyl adjacent to an activating group) is 1. The number of carbonyl (C=O) groups excluding carboxylic acids is 1. The van der Waals surface area contributed by atoms with Gasteiger partial charge in [0, 0.05) is 5.02 Å². The average molecular weight is 311 g/mol. The van der Waals surface area contributed by atoms with Crippen LogP contribution in [0.25, 0.3) is 0 Å². The van der Waals surface area contributed by atoms with Crippen molar-refractivity contribution >= 4 is 17.5 Å². The lowest BCUT2D eigenvalue weighted by molar-refractivity contribution is -0.884. The minimum absolute atomic E-state index is 0.0418. The predicted octanol–water partition coefficient (Wildman–Crippen LogP) is -0.247. The molecule has 21 heavy (non-hydrogen) atoms. The summed E-state index contributed by atoms with van der Waals surface area (Å²) in [5, 5.41) is 2.70. The number of hydrazine groups is 1. The minimum Gasteiger partial charge on any atom is -0.492 e. The van der Waals surface area contributed by atoms with Gasteiger partial charge in [0.25, 0.3) is 0 Å². The van der Waals surface area contributed by atoms with Gasteiger partial charge in [0.15, 0.2) is 0 Å². The van der Waals surface area contributed by atoms with Gasteiger partial charge in [-0.1, -0.05) is 11.6 Å². The van der Waals surface area contributed by atoms with E-state index in [4.69, 9.17) is 16.3 Å². The zero-order valence-corrected chi connectivity index (χ0v) is 12.9. The number of nitrogens with one attached hydrogen (secondary N) is 2. The lowest BCUT2D eigenvalue weighted by Gasteiger charge is -2.32. The number of rotatable bonds is 2. The van der Waals surface area contributed by atoms with E-state index in [-0.39, 0.29) is 11.8 Å². The highest BCUT2D eigenvalue weighted by Gasteiger charge is 2.28. The molecule has 0 spiro atoms. The first kappa shape index (κ1) is 14.6. The number of ether oxygens (including phenoxy) is 1. The van der Waals surface area contributed by atoms with Crippen molar-refractivity contribution in [3.8, 4) is 5.75 Å². The monoisotopic (exact) mass is 310 g/mol. The van der Waals surface area contributed by atoms with Crippen LogP contribution in [0.2, 0.25) is 5.02 Å². The van der Waals surface area contributed by atoms with E-state index < -0.39 is 0 Å². The van der Waals surface area contributed by atoms with E-state index in [1.807, 2.05) is 23.2 Å². The smallest absolute Gasteiger partial charge is 0.241 e. The van der Waals surface area contributed by atoms with Gasteiger partial charge in [0.2, 0.25) is 5.91 Å². The van der Waals surface area contributed by atoms with Gasteiger partial charge in [0.05, 0.1) is 39.1 Å². The van der Waals surface area contributed by atoms with Crippen molar-refractivity contribution in [1.82, 2.24) is 10.4 Å². The van der Waals surface area contributed by atoms with Crippen molar-refractivity contribution in [2.24, 2.45) is 5.92 Å². The summed E-state index contributed by atoms with van der Waals surface area (Å²) in [7, 11) is 2.18. The Hall–Kier alpha value is -1.30. The molecule has 0 saturated carbocycles.